The van der Waals surface area contributed by atoms with Crippen LogP contribution >= 0.6 is 0 Å². The summed E-state index contributed by atoms with van der Waals surface area (Å²) in [6.07, 6.45) is 0. The summed E-state index contributed by atoms with van der Waals surface area (Å²) in [7, 11) is 0. The molecule has 0 aromatic heterocycles. The van der Waals surface area contributed by atoms with Gasteiger partial charge in [-0.25, -0.2) is 4.79 Å². The third-order valence-electron chi connectivity index (χ3n) is 4.58. The third-order valence-corrected chi connectivity index (χ3v) is 4.58. The zero-order valence-electron chi connectivity index (χ0n) is 16.2. The maximum atomic E-state index is 12.4. The number of esters is 1. The molecule has 1 amide bonds. The van der Waals surface area contributed by atoms with Gasteiger partial charge in [0.15, 0.2) is 6.61 Å². The molecule has 3 rings (SSSR count). The Morgan fingerprint density at radius 1 is 1.00 bits per heavy atom. The van der Waals surface area contributed by atoms with Crippen molar-refractivity contribution in [2.45, 2.75) is 13.0 Å². The van der Waals surface area contributed by atoms with Crippen molar-refractivity contribution in [1.82, 2.24) is 5.32 Å². The summed E-state index contributed by atoms with van der Waals surface area (Å²) in [5.74, 6) is -0.974. The van der Waals surface area contributed by atoms with Crippen molar-refractivity contribution >= 4 is 28.3 Å². The molecule has 0 fully saturated rings. The number of aliphatic hydroxyl groups excluding tert-OH is 1. The molecule has 3 aromatic rings. The molecule has 0 spiro atoms. The lowest BCUT2D eigenvalue weighted by Crippen LogP contribution is -2.31. The lowest BCUT2D eigenvalue weighted by Gasteiger charge is -2.17. The first-order chi connectivity index (χ1) is 14.1. The van der Waals surface area contributed by atoms with Crippen LogP contribution in [0.3, 0.4) is 0 Å². The van der Waals surface area contributed by atoms with Gasteiger partial charge < -0.3 is 20.5 Å². The van der Waals surface area contributed by atoms with E-state index in [2.05, 4.69) is 10.6 Å². The minimum atomic E-state index is -0.598. The number of hydrogen-bond acceptors (Lipinski definition) is 5. The van der Waals surface area contributed by atoms with E-state index in [1.807, 2.05) is 49.4 Å². The highest BCUT2D eigenvalue weighted by Gasteiger charge is 2.16. The number of para-hydroxylation sites is 1. The lowest BCUT2D eigenvalue weighted by molar-refractivity contribution is -0.124. The number of rotatable bonds is 8. The Bertz CT molecular complexity index is 998. The number of amides is 1. The van der Waals surface area contributed by atoms with E-state index in [0.29, 0.717) is 17.8 Å². The van der Waals surface area contributed by atoms with Crippen molar-refractivity contribution in [3.63, 3.8) is 0 Å². The average molecular weight is 392 g/mol. The van der Waals surface area contributed by atoms with Crippen molar-refractivity contribution < 1.29 is 19.4 Å². The van der Waals surface area contributed by atoms with Crippen LogP contribution in [0.1, 0.15) is 28.9 Å². The predicted molar refractivity (Wildman–Crippen MR) is 113 cm³/mol. The SMILES string of the molecule is C[C@@H](NC(=O)COC(=O)c1ccccc1NCCO)c1cccc2ccccc12. The fourth-order valence-corrected chi connectivity index (χ4v) is 3.20. The summed E-state index contributed by atoms with van der Waals surface area (Å²) in [5.41, 5.74) is 1.87. The van der Waals surface area contributed by atoms with E-state index in [1.54, 1.807) is 24.3 Å². The Kier molecular flexibility index (Phi) is 6.81. The second kappa shape index (κ2) is 9.71. The van der Waals surface area contributed by atoms with Crippen LogP contribution in [-0.2, 0) is 9.53 Å². The monoisotopic (exact) mass is 392 g/mol. The maximum Gasteiger partial charge on any atom is 0.340 e. The van der Waals surface area contributed by atoms with Crippen LogP contribution in [0.5, 0.6) is 0 Å². The van der Waals surface area contributed by atoms with Gasteiger partial charge in [-0.3, -0.25) is 4.79 Å². The second-order valence-corrected chi connectivity index (χ2v) is 6.63. The van der Waals surface area contributed by atoms with Crippen LogP contribution < -0.4 is 10.6 Å². The van der Waals surface area contributed by atoms with E-state index in [9.17, 15) is 9.59 Å². The molecule has 0 aliphatic heterocycles. The molecule has 0 unspecified atom stereocenters. The number of ether oxygens (including phenoxy) is 1. The van der Waals surface area contributed by atoms with E-state index in [-0.39, 0.29) is 25.2 Å². The zero-order chi connectivity index (χ0) is 20.6. The summed E-state index contributed by atoms with van der Waals surface area (Å²) in [5, 5.41) is 16.9. The zero-order valence-corrected chi connectivity index (χ0v) is 16.2. The highest BCUT2D eigenvalue weighted by Crippen LogP contribution is 2.24. The van der Waals surface area contributed by atoms with E-state index in [0.717, 1.165) is 16.3 Å². The van der Waals surface area contributed by atoms with E-state index in [1.165, 1.54) is 0 Å². The van der Waals surface area contributed by atoms with Gasteiger partial charge >= 0.3 is 5.97 Å². The average Bonchev–Trinajstić information content (AvgIpc) is 2.75. The molecule has 150 valence electrons. The number of hydrogen-bond donors (Lipinski definition) is 3. The normalized spacial score (nSPS) is 11.7. The van der Waals surface area contributed by atoms with Crippen LogP contribution in [0.2, 0.25) is 0 Å². The largest absolute Gasteiger partial charge is 0.452 e. The molecule has 6 heteroatoms. The van der Waals surface area contributed by atoms with Gasteiger partial charge in [-0.15, -0.1) is 0 Å². The lowest BCUT2D eigenvalue weighted by atomic mass is 10.00. The molecule has 0 bridgehead atoms. The molecule has 0 aliphatic carbocycles. The van der Waals surface area contributed by atoms with E-state index in [4.69, 9.17) is 9.84 Å². The number of carbonyl (C=O) groups is 2. The van der Waals surface area contributed by atoms with Gasteiger partial charge in [-0.2, -0.15) is 0 Å². The Morgan fingerprint density at radius 2 is 1.72 bits per heavy atom. The second-order valence-electron chi connectivity index (χ2n) is 6.63. The Hall–Kier alpha value is -3.38. The fraction of sp³-hybridized carbons (Fsp3) is 0.217. The topological polar surface area (TPSA) is 87.7 Å². The minimum absolute atomic E-state index is 0.0577. The number of fused-ring (bicyclic) bond motifs is 1. The smallest absolute Gasteiger partial charge is 0.340 e. The molecule has 6 nitrogen and oxygen atoms in total. The van der Waals surface area contributed by atoms with Crippen LogP contribution in [0.15, 0.2) is 66.7 Å². The van der Waals surface area contributed by atoms with Crippen molar-refractivity contribution in [2.24, 2.45) is 0 Å². The number of nitrogens with one attached hydrogen (secondary N) is 2. The molecule has 3 aromatic carbocycles. The summed E-state index contributed by atoms with van der Waals surface area (Å²) in [6.45, 7) is 1.78. The molecule has 3 N–H and O–H groups in total. The summed E-state index contributed by atoms with van der Waals surface area (Å²) < 4.78 is 5.18. The van der Waals surface area contributed by atoms with Crippen LogP contribution in [0.4, 0.5) is 5.69 Å². The molecule has 0 saturated heterocycles. The van der Waals surface area contributed by atoms with Crippen LogP contribution in [0.25, 0.3) is 10.8 Å². The van der Waals surface area contributed by atoms with Gasteiger partial charge in [0.2, 0.25) is 0 Å². The highest BCUT2D eigenvalue weighted by atomic mass is 16.5. The number of carbonyl (C=O) groups excluding carboxylic acids is 2. The summed E-state index contributed by atoms with van der Waals surface area (Å²) >= 11 is 0. The molecule has 0 aliphatic rings. The summed E-state index contributed by atoms with van der Waals surface area (Å²) in [4.78, 5) is 24.7. The van der Waals surface area contributed by atoms with Gasteiger partial charge in [0.1, 0.15) is 0 Å². The predicted octanol–water partition coefficient (Wildman–Crippen LogP) is 3.28. The third kappa shape index (κ3) is 5.12. The highest BCUT2D eigenvalue weighted by molar-refractivity contribution is 5.96. The van der Waals surface area contributed by atoms with Crippen LogP contribution in [-0.4, -0.2) is 36.7 Å². The maximum absolute atomic E-state index is 12.4. The van der Waals surface area contributed by atoms with Crippen molar-refractivity contribution in [1.29, 1.82) is 0 Å². The molecule has 0 radical (unpaired) electrons. The van der Waals surface area contributed by atoms with E-state index >= 15 is 0 Å². The first-order valence-electron chi connectivity index (χ1n) is 9.48. The molecular weight excluding hydrogens is 368 g/mol. The van der Waals surface area contributed by atoms with Gasteiger partial charge in [0.25, 0.3) is 5.91 Å². The van der Waals surface area contributed by atoms with Gasteiger partial charge in [0, 0.05) is 12.2 Å². The Morgan fingerprint density at radius 3 is 2.55 bits per heavy atom. The van der Waals surface area contributed by atoms with Crippen molar-refractivity contribution in [3.05, 3.63) is 77.9 Å². The molecule has 1 atom stereocenters. The minimum Gasteiger partial charge on any atom is -0.452 e. The van der Waals surface area contributed by atoms with E-state index < -0.39 is 5.97 Å². The Labute approximate surface area is 169 Å². The first-order valence-corrected chi connectivity index (χ1v) is 9.48. The van der Waals surface area contributed by atoms with Gasteiger partial charge in [-0.05, 0) is 35.4 Å². The first kappa shape index (κ1) is 20.4. The quantitative estimate of drug-likeness (QED) is 0.512. The summed E-state index contributed by atoms with van der Waals surface area (Å²) in [6, 6.07) is 20.5. The number of aliphatic hydroxyl groups is 1. The van der Waals surface area contributed by atoms with Gasteiger partial charge in [0.05, 0.1) is 18.2 Å². The number of benzene rings is 3. The van der Waals surface area contributed by atoms with Crippen LogP contribution in [0, 0.1) is 0 Å². The van der Waals surface area contributed by atoms with Gasteiger partial charge in [-0.1, -0.05) is 54.6 Å². The molecule has 29 heavy (non-hydrogen) atoms. The number of anilines is 1. The van der Waals surface area contributed by atoms with Crippen molar-refractivity contribution in [3.8, 4) is 0 Å². The Balaban J connectivity index is 1.60. The molecule has 0 saturated carbocycles. The standard InChI is InChI=1S/C23H24N2O4/c1-16(18-11-6-8-17-7-2-3-9-19(17)18)25-22(27)15-29-23(28)20-10-4-5-12-21(20)24-13-14-26/h2-12,16,24,26H,13-15H2,1H3,(H,25,27)/t16-/m1/s1. The molecular formula is C23H24N2O4. The molecule has 0 heterocycles. The van der Waals surface area contributed by atoms with Crippen molar-refractivity contribution in [2.75, 3.05) is 25.1 Å². The fourth-order valence-electron chi connectivity index (χ4n) is 3.20.